The third kappa shape index (κ3) is 5.79. The molecule has 0 radical (unpaired) electrons. The number of nitrogens with zero attached hydrogens (tertiary/aromatic N) is 1. The number of fused-ring (bicyclic) bond motifs is 2. The van der Waals surface area contributed by atoms with Crippen molar-refractivity contribution in [1.82, 2.24) is 0 Å². The first-order valence-corrected chi connectivity index (χ1v) is 22.1. The molecule has 0 atom stereocenters. The number of anilines is 3. The summed E-state index contributed by atoms with van der Waals surface area (Å²) >= 11 is -3.30. The fourth-order valence-electron chi connectivity index (χ4n) is 7.86. The zero-order valence-electron chi connectivity index (χ0n) is 28.8. The van der Waals surface area contributed by atoms with Crippen molar-refractivity contribution in [2.75, 3.05) is 4.90 Å². The summed E-state index contributed by atoms with van der Waals surface area (Å²) < 4.78 is 5.71. The van der Waals surface area contributed by atoms with E-state index >= 15 is 0 Å². The van der Waals surface area contributed by atoms with E-state index in [2.05, 4.69) is 229 Å². The molecule has 246 valence electrons. The first kappa shape index (κ1) is 31.8. The van der Waals surface area contributed by atoms with Crippen LogP contribution in [0.15, 0.2) is 224 Å². The summed E-state index contributed by atoms with van der Waals surface area (Å²) in [7, 11) is 0. The fourth-order valence-corrected chi connectivity index (χ4v) is 17.8. The van der Waals surface area contributed by atoms with Crippen LogP contribution in [0.5, 0.6) is 0 Å². The van der Waals surface area contributed by atoms with Crippen LogP contribution in [0.1, 0.15) is 0 Å². The van der Waals surface area contributed by atoms with E-state index in [1.54, 1.807) is 0 Å². The molecule has 0 aliphatic heterocycles. The number of hydrogen-bond acceptors (Lipinski definition) is 1. The minimum atomic E-state index is -3.30. The molecule has 1 nitrogen and oxygen atoms in total. The van der Waals surface area contributed by atoms with Crippen molar-refractivity contribution in [3.8, 4) is 11.1 Å². The predicted molar refractivity (Wildman–Crippen MR) is 225 cm³/mol. The Hall–Kier alpha value is -6.16. The van der Waals surface area contributed by atoms with Crippen LogP contribution in [0.25, 0.3) is 32.7 Å². The quantitative estimate of drug-likeness (QED) is 0.141. The Morgan fingerprint density at radius 2 is 0.577 bits per heavy atom. The molecule has 0 saturated carbocycles. The van der Waals surface area contributed by atoms with Crippen molar-refractivity contribution in [2.24, 2.45) is 0 Å². The number of hydrogen-bond donors (Lipinski definition) is 0. The van der Waals surface area contributed by atoms with Crippen LogP contribution in [0.4, 0.5) is 17.1 Å². The van der Waals surface area contributed by atoms with E-state index in [-0.39, 0.29) is 0 Å². The summed E-state index contributed by atoms with van der Waals surface area (Å²) in [6, 6.07) is 82.7. The topological polar surface area (TPSA) is 3.24 Å². The molecule has 0 spiro atoms. The molecule has 2 heteroatoms. The normalized spacial score (nSPS) is 11.5. The molecule has 0 aliphatic rings. The molecule has 0 saturated heterocycles. The van der Waals surface area contributed by atoms with E-state index in [4.69, 9.17) is 0 Å². The number of benzene rings is 9. The van der Waals surface area contributed by atoms with Crippen molar-refractivity contribution in [1.29, 1.82) is 0 Å². The van der Waals surface area contributed by atoms with Crippen LogP contribution < -0.4 is 22.5 Å². The SMILES string of the molecule is c1cc[c]([Ge]([c]2ccccc2)([c]2ccccc2)[c]2ccc(-c3ccc(N(c4ccc5ccccc5c4)c4ccc5ccccc5c4)cc3)cc2)cc1. The van der Waals surface area contributed by atoms with Gasteiger partial charge in [-0.25, -0.2) is 0 Å². The van der Waals surface area contributed by atoms with Crippen LogP contribution in [-0.4, -0.2) is 13.3 Å². The molecule has 9 rings (SSSR count). The average molecular weight is 724 g/mol. The molecule has 0 unspecified atom stereocenters. The molecule has 52 heavy (non-hydrogen) atoms. The van der Waals surface area contributed by atoms with Gasteiger partial charge in [0.05, 0.1) is 0 Å². The second-order valence-corrected chi connectivity index (χ2v) is 21.4. The van der Waals surface area contributed by atoms with Crippen LogP contribution in [0.3, 0.4) is 0 Å². The third-order valence-electron chi connectivity index (χ3n) is 10.4. The van der Waals surface area contributed by atoms with Crippen LogP contribution in [0.2, 0.25) is 0 Å². The first-order valence-electron chi connectivity index (χ1n) is 17.9. The maximum absolute atomic E-state index is 3.30. The van der Waals surface area contributed by atoms with Crippen molar-refractivity contribution in [3.63, 3.8) is 0 Å². The van der Waals surface area contributed by atoms with Crippen LogP contribution >= 0.6 is 0 Å². The Bertz CT molecular complexity index is 2420. The van der Waals surface area contributed by atoms with E-state index in [1.165, 1.54) is 50.3 Å². The Balaban J connectivity index is 1.12. The summed E-state index contributed by atoms with van der Waals surface area (Å²) in [4.78, 5) is 2.37. The molecular weight excluding hydrogens is 687 g/mol. The van der Waals surface area contributed by atoms with Gasteiger partial charge in [0.2, 0.25) is 0 Å². The predicted octanol–water partition coefficient (Wildman–Crippen LogP) is 10.5. The van der Waals surface area contributed by atoms with Gasteiger partial charge in [-0.2, -0.15) is 0 Å². The van der Waals surface area contributed by atoms with Gasteiger partial charge in [0.25, 0.3) is 0 Å². The number of rotatable bonds is 8. The summed E-state index contributed by atoms with van der Waals surface area (Å²) in [6.45, 7) is 0. The van der Waals surface area contributed by atoms with Gasteiger partial charge in [-0.1, -0.05) is 48.5 Å². The molecular formula is C50H37GeN. The van der Waals surface area contributed by atoms with Crippen LogP contribution in [-0.2, 0) is 0 Å². The Morgan fingerprint density at radius 3 is 1.00 bits per heavy atom. The van der Waals surface area contributed by atoms with E-state index in [9.17, 15) is 0 Å². The van der Waals surface area contributed by atoms with E-state index in [1.807, 2.05) is 0 Å². The second-order valence-electron chi connectivity index (χ2n) is 13.4. The standard InChI is InChI=1S/C50H37GeN/c1-4-18-44(19-5-1)51(45-20-6-2-7-21-45,46-22-8-3-9-23-46)47-30-24-40(25-31-47)41-26-32-48(33-27-41)52(49-34-28-38-14-10-12-16-42(38)36-49)50-35-29-39-15-11-13-17-43(39)37-50/h1-37H. The molecule has 0 aromatic heterocycles. The second kappa shape index (κ2) is 13.9. The van der Waals surface area contributed by atoms with Gasteiger partial charge in [0.15, 0.2) is 0 Å². The molecule has 9 aromatic rings. The minimum absolute atomic E-state index is 1.12. The van der Waals surface area contributed by atoms with Gasteiger partial charge in [-0.15, -0.1) is 0 Å². The van der Waals surface area contributed by atoms with E-state index in [0.717, 1.165) is 17.1 Å². The van der Waals surface area contributed by atoms with Crippen molar-refractivity contribution < 1.29 is 0 Å². The molecule has 0 bridgehead atoms. The maximum atomic E-state index is 2.40. The Morgan fingerprint density at radius 1 is 0.250 bits per heavy atom. The molecule has 0 fully saturated rings. The van der Waals surface area contributed by atoms with Gasteiger partial charge in [0, 0.05) is 0 Å². The van der Waals surface area contributed by atoms with Crippen molar-refractivity contribution in [3.05, 3.63) is 224 Å². The zero-order chi connectivity index (χ0) is 34.7. The molecule has 0 N–H and O–H groups in total. The third-order valence-corrected chi connectivity index (χ3v) is 20.4. The molecule has 0 amide bonds. The Kier molecular flexibility index (Phi) is 8.48. The van der Waals surface area contributed by atoms with Gasteiger partial charge in [0.1, 0.15) is 0 Å². The molecule has 0 aliphatic carbocycles. The van der Waals surface area contributed by atoms with Crippen LogP contribution in [0, 0.1) is 0 Å². The van der Waals surface area contributed by atoms with Gasteiger partial charge in [-0.3, -0.25) is 0 Å². The Labute approximate surface area is 308 Å². The van der Waals surface area contributed by atoms with Crippen molar-refractivity contribution >= 4 is 69.5 Å². The first-order chi connectivity index (χ1) is 25.8. The summed E-state index contributed by atoms with van der Waals surface area (Å²) in [6.07, 6.45) is 0. The fraction of sp³-hybridized carbons (Fsp3) is 0. The van der Waals surface area contributed by atoms with Gasteiger partial charge >= 0.3 is 251 Å². The molecule has 0 heterocycles. The summed E-state index contributed by atoms with van der Waals surface area (Å²) in [5.74, 6) is 0. The van der Waals surface area contributed by atoms with E-state index < -0.39 is 13.3 Å². The van der Waals surface area contributed by atoms with E-state index in [0.29, 0.717) is 0 Å². The zero-order valence-corrected chi connectivity index (χ0v) is 30.9. The van der Waals surface area contributed by atoms with Gasteiger partial charge < -0.3 is 0 Å². The van der Waals surface area contributed by atoms with Gasteiger partial charge in [-0.05, 0) is 10.8 Å². The summed E-state index contributed by atoms with van der Waals surface area (Å²) in [5.41, 5.74) is 5.80. The monoisotopic (exact) mass is 725 g/mol. The molecule has 9 aromatic carbocycles. The van der Waals surface area contributed by atoms with Crippen molar-refractivity contribution in [2.45, 2.75) is 0 Å². The average Bonchev–Trinajstić information content (AvgIpc) is 3.23. The summed E-state index contributed by atoms with van der Waals surface area (Å²) in [5, 5.41) is 4.93.